The SMILES string of the molecule is Cc1cc(C(=O)N2CC[C@]3(C2)c2cccn2-c2ncccc2N3CC(=O)N(C)C)oc1C. The van der Waals surface area contributed by atoms with Gasteiger partial charge in [0, 0.05) is 33.0 Å². The van der Waals surface area contributed by atoms with Crippen molar-refractivity contribution in [2.45, 2.75) is 25.8 Å². The summed E-state index contributed by atoms with van der Waals surface area (Å²) < 4.78 is 7.80. The molecule has 2 aliphatic rings. The van der Waals surface area contributed by atoms with Crippen LogP contribution in [0.5, 0.6) is 0 Å². The molecule has 5 rings (SSSR count). The summed E-state index contributed by atoms with van der Waals surface area (Å²) in [7, 11) is 3.52. The van der Waals surface area contributed by atoms with E-state index in [0.29, 0.717) is 25.3 Å². The Labute approximate surface area is 187 Å². The zero-order valence-corrected chi connectivity index (χ0v) is 18.8. The van der Waals surface area contributed by atoms with E-state index >= 15 is 0 Å². The van der Waals surface area contributed by atoms with Crippen molar-refractivity contribution in [3.63, 3.8) is 0 Å². The van der Waals surface area contributed by atoms with E-state index in [2.05, 4.69) is 20.5 Å². The Balaban J connectivity index is 1.58. The Bertz CT molecular complexity index is 1190. The van der Waals surface area contributed by atoms with Crippen LogP contribution in [0.15, 0.2) is 47.1 Å². The maximum Gasteiger partial charge on any atom is 0.289 e. The molecule has 1 fully saturated rings. The predicted molar refractivity (Wildman–Crippen MR) is 120 cm³/mol. The van der Waals surface area contributed by atoms with Gasteiger partial charge in [-0.15, -0.1) is 0 Å². The van der Waals surface area contributed by atoms with Crippen molar-refractivity contribution in [1.82, 2.24) is 19.4 Å². The molecule has 166 valence electrons. The number of likely N-dealkylation sites (tertiary alicyclic amines) is 1. The number of amides is 2. The van der Waals surface area contributed by atoms with Crippen molar-refractivity contribution in [3.8, 4) is 5.82 Å². The molecule has 2 aliphatic heterocycles. The summed E-state index contributed by atoms with van der Waals surface area (Å²) in [5.74, 6) is 1.80. The van der Waals surface area contributed by atoms with Crippen LogP contribution in [0.25, 0.3) is 5.82 Å². The second-order valence-electron chi connectivity index (χ2n) is 8.84. The van der Waals surface area contributed by atoms with Crippen molar-refractivity contribution in [2.24, 2.45) is 0 Å². The summed E-state index contributed by atoms with van der Waals surface area (Å²) in [6, 6.07) is 9.76. The number of nitrogens with zero attached hydrogens (tertiary/aromatic N) is 5. The normalized spacial score (nSPS) is 19.2. The summed E-state index contributed by atoms with van der Waals surface area (Å²) >= 11 is 0. The fourth-order valence-electron chi connectivity index (χ4n) is 4.84. The van der Waals surface area contributed by atoms with E-state index in [4.69, 9.17) is 4.42 Å². The van der Waals surface area contributed by atoms with Crippen LogP contribution in [0.1, 0.15) is 34.0 Å². The van der Waals surface area contributed by atoms with E-state index < -0.39 is 5.54 Å². The highest BCUT2D eigenvalue weighted by Gasteiger charge is 2.51. The Morgan fingerprint density at radius 3 is 2.75 bits per heavy atom. The Hall–Kier alpha value is -3.55. The fourth-order valence-corrected chi connectivity index (χ4v) is 4.84. The molecule has 3 aromatic rings. The lowest BCUT2D eigenvalue weighted by Gasteiger charge is -2.46. The highest BCUT2D eigenvalue weighted by atomic mass is 16.4. The minimum absolute atomic E-state index is 0.00115. The lowest BCUT2D eigenvalue weighted by molar-refractivity contribution is -0.127. The smallest absolute Gasteiger partial charge is 0.289 e. The standard InChI is InChI=1S/C24H27N5O3/c1-16-13-19(32-17(16)2)23(31)27-12-9-24(15-27)20-8-6-11-28(20)22-18(7-5-10-25-22)29(24)14-21(30)26(3)4/h5-8,10-11,13H,9,12,14-15H2,1-4H3/t24-/m0/s1. The van der Waals surface area contributed by atoms with Crippen LogP contribution in [0.3, 0.4) is 0 Å². The van der Waals surface area contributed by atoms with Crippen LogP contribution in [-0.4, -0.2) is 64.9 Å². The van der Waals surface area contributed by atoms with E-state index in [1.54, 1.807) is 31.3 Å². The van der Waals surface area contributed by atoms with E-state index in [9.17, 15) is 9.59 Å². The number of carbonyl (C=O) groups excluding carboxylic acids is 2. The fraction of sp³-hybridized carbons (Fsp3) is 0.375. The molecule has 5 heterocycles. The molecule has 32 heavy (non-hydrogen) atoms. The molecule has 3 aromatic heterocycles. The summed E-state index contributed by atoms with van der Waals surface area (Å²) in [5.41, 5.74) is 2.37. The van der Waals surface area contributed by atoms with E-state index in [-0.39, 0.29) is 18.4 Å². The number of rotatable bonds is 3. The third kappa shape index (κ3) is 2.93. The zero-order chi connectivity index (χ0) is 22.6. The van der Waals surface area contributed by atoms with Crippen molar-refractivity contribution >= 4 is 17.5 Å². The molecule has 0 unspecified atom stereocenters. The van der Waals surface area contributed by atoms with Crippen LogP contribution in [0, 0.1) is 13.8 Å². The van der Waals surface area contributed by atoms with E-state index in [1.165, 1.54) is 0 Å². The Morgan fingerprint density at radius 2 is 2.03 bits per heavy atom. The number of aryl methyl sites for hydroxylation is 2. The van der Waals surface area contributed by atoms with Crippen LogP contribution in [-0.2, 0) is 10.3 Å². The van der Waals surface area contributed by atoms with Crippen molar-refractivity contribution in [2.75, 3.05) is 38.6 Å². The number of pyridine rings is 1. The van der Waals surface area contributed by atoms with Gasteiger partial charge in [0.15, 0.2) is 11.6 Å². The van der Waals surface area contributed by atoms with Gasteiger partial charge >= 0.3 is 0 Å². The minimum atomic E-state index is -0.530. The molecular weight excluding hydrogens is 406 g/mol. The molecule has 0 aliphatic carbocycles. The van der Waals surface area contributed by atoms with E-state index in [0.717, 1.165) is 28.5 Å². The molecule has 0 aromatic carbocycles. The minimum Gasteiger partial charge on any atom is -0.456 e. The molecule has 1 spiro atoms. The van der Waals surface area contributed by atoms with Crippen molar-refractivity contribution < 1.29 is 14.0 Å². The summed E-state index contributed by atoms with van der Waals surface area (Å²) in [6.45, 7) is 5.05. The maximum absolute atomic E-state index is 13.3. The number of hydrogen-bond donors (Lipinski definition) is 0. The average Bonchev–Trinajstić information content (AvgIpc) is 3.50. The van der Waals surface area contributed by atoms with Crippen molar-refractivity contribution in [3.05, 3.63) is 65.5 Å². The topological polar surface area (TPSA) is 74.8 Å². The largest absolute Gasteiger partial charge is 0.456 e. The molecule has 0 bridgehead atoms. The highest BCUT2D eigenvalue weighted by molar-refractivity contribution is 5.92. The summed E-state index contributed by atoms with van der Waals surface area (Å²) in [5, 5.41) is 0. The molecule has 1 saturated heterocycles. The Kier molecular flexibility index (Phi) is 4.62. The van der Waals surface area contributed by atoms with E-state index in [1.807, 2.05) is 43.1 Å². The van der Waals surface area contributed by atoms with Crippen LogP contribution < -0.4 is 4.90 Å². The van der Waals surface area contributed by atoms with Gasteiger partial charge in [0.25, 0.3) is 5.91 Å². The number of aromatic nitrogens is 2. The van der Waals surface area contributed by atoms with Crippen LogP contribution in [0.2, 0.25) is 0 Å². The molecule has 8 nitrogen and oxygen atoms in total. The highest BCUT2D eigenvalue weighted by Crippen LogP contribution is 2.47. The predicted octanol–water partition coefficient (Wildman–Crippen LogP) is 2.73. The lowest BCUT2D eigenvalue weighted by atomic mass is 9.88. The summed E-state index contributed by atoms with van der Waals surface area (Å²) in [6.07, 6.45) is 4.47. The third-order valence-electron chi connectivity index (χ3n) is 6.73. The molecular formula is C24H27N5O3. The third-order valence-corrected chi connectivity index (χ3v) is 6.73. The van der Waals surface area contributed by atoms with Gasteiger partial charge in [-0.3, -0.25) is 9.59 Å². The molecule has 0 N–H and O–H groups in total. The first-order valence-corrected chi connectivity index (χ1v) is 10.8. The molecule has 1 atom stereocenters. The number of carbonyl (C=O) groups is 2. The number of fused-ring (bicyclic) bond motifs is 4. The number of anilines is 1. The van der Waals surface area contributed by atoms with Gasteiger partial charge < -0.3 is 23.7 Å². The number of furan rings is 1. The van der Waals surface area contributed by atoms with Gasteiger partial charge in [0.1, 0.15) is 11.3 Å². The van der Waals surface area contributed by atoms with Gasteiger partial charge in [-0.05, 0) is 56.2 Å². The quantitative estimate of drug-likeness (QED) is 0.635. The van der Waals surface area contributed by atoms with Crippen LogP contribution >= 0.6 is 0 Å². The first kappa shape index (κ1) is 20.4. The number of likely N-dealkylation sites (N-methyl/N-ethyl adjacent to an activating group) is 1. The maximum atomic E-state index is 13.3. The summed E-state index contributed by atoms with van der Waals surface area (Å²) in [4.78, 5) is 36.3. The molecule has 0 radical (unpaired) electrons. The second-order valence-corrected chi connectivity index (χ2v) is 8.84. The monoisotopic (exact) mass is 433 g/mol. The van der Waals surface area contributed by atoms with Crippen molar-refractivity contribution in [1.29, 1.82) is 0 Å². The van der Waals surface area contributed by atoms with Crippen LogP contribution in [0.4, 0.5) is 5.69 Å². The first-order chi connectivity index (χ1) is 15.3. The van der Waals surface area contributed by atoms with Gasteiger partial charge in [-0.1, -0.05) is 0 Å². The second kappa shape index (κ2) is 7.25. The van der Waals surface area contributed by atoms with Gasteiger partial charge in [-0.2, -0.15) is 0 Å². The lowest BCUT2D eigenvalue weighted by Crippen LogP contribution is -2.55. The molecule has 2 amide bonds. The number of hydrogen-bond acceptors (Lipinski definition) is 5. The van der Waals surface area contributed by atoms with Gasteiger partial charge in [-0.25, -0.2) is 4.98 Å². The van der Waals surface area contributed by atoms with Gasteiger partial charge in [0.05, 0.1) is 24.5 Å². The molecule has 8 heteroatoms. The average molecular weight is 434 g/mol. The first-order valence-electron chi connectivity index (χ1n) is 10.8. The molecule has 0 saturated carbocycles. The Morgan fingerprint density at radius 1 is 1.22 bits per heavy atom. The zero-order valence-electron chi connectivity index (χ0n) is 18.8. The van der Waals surface area contributed by atoms with Gasteiger partial charge in [0.2, 0.25) is 5.91 Å².